The van der Waals surface area contributed by atoms with Gasteiger partial charge in [-0.1, -0.05) is 6.92 Å². The lowest BCUT2D eigenvalue weighted by Crippen LogP contribution is -2.57. The molecule has 0 spiro atoms. The third-order valence-electron chi connectivity index (χ3n) is 4.36. The summed E-state index contributed by atoms with van der Waals surface area (Å²) in [5.74, 6) is 1.05. The van der Waals surface area contributed by atoms with Crippen molar-refractivity contribution in [3.63, 3.8) is 0 Å². The highest BCUT2D eigenvalue weighted by atomic mass is 15.3. The van der Waals surface area contributed by atoms with Crippen molar-refractivity contribution in [2.24, 2.45) is 0 Å². The van der Waals surface area contributed by atoms with Crippen LogP contribution in [0.1, 0.15) is 46.0 Å². The number of likely N-dealkylation sites (N-methyl/N-ethyl adjacent to an activating group) is 2. The Hall–Kier alpha value is -0.940. The molecule has 110 valence electrons. The van der Waals surface area contributed by atoms with E-state index in [1.54, 1.807) is 6.33 Å². The maximum atomic E-state index is 4.43. The van der Waals surface area contributed by atoms with Crippen LogP contribution in [0.3, 0.4) is 0 Å². The third-order valence-corrected chi connectivity index (χ3v) is 4.36. The minimum absolute atomic E-state index is 0.0997. The Labute approximate surface area is 117 Å². The van der Waals surface area contributed by atoms with Gasteiger partial charge in [0.05, 0.1) is 0 Å². The lowest BCUT2D eigenvalue weighted by atomic mass is 9.85. The molecule has 1 aromatic rings. The van der Waals surface area contributed by atoms with Crippen molar-refractivity contribution in [1.82, 2.24) is 25.0 Å². The molecule has 0 aliphatic heterocycles. The minimum Gasteiger partial charge on any atom is -0.315 e. The van der Waals surface area contributed by atoms with Gasteiger partial charge in [-0.2, -0.15) is 5.10 Å². The number of hydrogen-bond acceptors (Lipinski definition) is 4. The Morgan fingerprint density at radius 3 is 2.47 bits per heavy atom. The minimum atomic E-state index is 0.0997. The van der Waals surface area contributed by atoms with E-state index < -0.39 is 0 Å². The van der Waals surface area contributed by atoms with E-state index in [4.69, 9.17) is 0 Å². The molecular formula is C14H29N5. The van der Waals surface area contributed by atoms with Gasteiger partial charge in [0.15, 0.2) is 0 Å². The van der Waals surface area contributed by atoms with Crippen LogP contribution in [0, 0.1) is 0 Å². The summed E-state index contributed by atoms with van der Waals surface area (Å²) in [4.78, 5) is 6.72. The average molecular weight is 267 g/mol. The highest BCUT2D eigenvalue weighted by Crippen LogP contribution is 2.23. The zero-order chi connectivity index (χ0) is 14.6. The summed E-state index contributed by atoms with van der Waals surface area (Å²) in [6.07, 6.45) is 3.62. The van der Waals surface area contributed by atoms with Crippen molar-refractivity contribution < 1.29 is 0 Å². The Bertz CT molecular complexity index is 385. The lowest BCUT2D eigenvalue weighted by molar-refractivity contribution is 0.114. The van der Waals surface area contributed by atoms with Crippen molar-refractivity contribution in [3.8, 4) is 0 Å². The molecule has 0 aromatic carbocycles. The van der Waals surface area contributed by atoms with Gasteiger partial charge >= 0.3 is 0 Å². The molecule has 5 nitrogen and oxygen atoms in total. The van der Waals surface area contributed by atoms with E-state index in [-0.39, 0.29) is 5.54 Å². The molecule has 0 aliphatic rings. The van der Waals surface area contributed by atoms with Crippen molar-refractivity contribution in [1.29, 1.82) is 0 Å². The zero-order valence-electron chi connectivity index (χ0n) is 13.4. The molecule has 0 amide bonds. The highest BCUT2D eigenvalue weighted by molar-refractivity contribution is 5.01. The number of nitrogens with one attached hydrogen (secondary N) is 1. The highest BCUT2D eigenvalue weighted by Gasteiger charge is 2.34. The van der Waals surface area contributed by atoms with Crippen LogP contribution in [0.2, 0.25) is 0 Å². The van der Waals surface area contributed by atoms with E-state index in [1.807, 2.05) is 11.7 Å². The molecule has 0 aliphatic carbocycles. The summed E-state index contributed by atoms with van der Waals surface area (Å²) >= 11 is 0. The predicted octanol–water partition coefficient (Wildman–Crippen LogP) is 1.72. The van der Waals surface area contributed by atoms with Crippen LogP contribution < -0.4 is 5.32 Å². The second-order valence-electron chi connectivity index (χ2n) is 5.87. The van der Waals surface area contributed by atoms with Crippen molar-refractivity contribution >= 4 is 0 Å². The Morgan fingerprint density at radius 1 is 1.42 bits per heavy atom. The molecule has 2 atom stereocenters. The van der Waals surface area contributed by atoms with E-state index >= 15 is 0 Å². The van der Waals surface area contributed by atoms with Crippen LogP contribution in [0.15, 0.2) is 6.33 Å². The Kier molecular flexibility index (Phi) is 5.50. The van der Waals surface area contributed by atoms with Gasteiger partial charge in [-0.25, -0.2) is 9.67 Å². The molecule has 1 rings (SSSR count). The first-order valence-electron chi connectivity index (χ1n) is 7.09. The first-order chi connectivity index (χ1) is 8.86. The van der Waals surface area contributed by atoms with E-state index in [1.165, 1.54) is 0 Å². The zero-order valence-corrected chi connectivity index (χ0v) is 13.4. The van der Waals surface area contributed by atoms with Gasteiger partial charge in [0.25, 0.3) is 0 Å². The summed E-state index contributed by atoms with van der Waals surface area (Å²) in [6.45, 7) is 8.80. The van der Waals surface area contributed by atoms with Crippen LogP contribution in [-0.2, 0) is 6.42 Å². The molecule has 2 unspecified atom stereocenters. The molecular weight excluding hydrogens is 238 g/mol. The Morgan fingerprint density at radius 2 is 2.05 bits per heavy atom. The van der Waals surface area contributed by atoms with Gasteiger partial charge in [-0.05, 0) is 48.3 Å². The van der Waals surface area contributed by atoms with E-state index in [0.717, 1.165) is 18.7 Å². The van der Waals surface area contributed by atoms with E-state index in [9.17, 15) is 0 Å². The number of nitrogens with zero attached hydrogens (tertiary/aromatic N) is 4. The summed E-state index contributed by atoms with van der Waals surface area (Å²) in [5.41, 5.74) is 0.0997. The summed E-state index contributed by atoms with van der Waals surface area (Å²) in [7, 11) is 6.31. The van der Waals surface area contributed by atoms with Crippen molar-refractivity contribution in [2.45, 2.75) is 58.2 Å². The molecule has 1 aromatic heterocycles. The second kappa shape index (κ2) is 6.48. The molecule has 0 fully saturated rings. The molecule has 0 radical (unpaired) electrons. The normalized spacial score (nSPS) is 16.9. The number of hydrogen-bond donors (Lipinski definition) is 1. The quantitative estimate of drug-likeness (QED) is 0.817. The van der Waals surface area contributed by atoms with Crippen LogP contribution in [0.4, 0.5) is 0 Å². The van der Waals surface area contributed by atoms with Crippen LogP contribution in [0.25, 0.3) is 0 Å². The largest absolute Gasteiger partial charge is 0.315 e. The van der Waals surface area contributed by atoms with Crippen LogP contribution in [0.5, 0.6) is 0 Å². The molecule has 5 heteroatoms. The van der Waals surface area contributed by atoms with Crippen LogP contribution in [-0.4, -0.2) is 52.4 Å². The van der Waals surface area contributed by atoms with Crippen molar-refractivity contribution in [2.75, 3.05) is 21.1 Å². The number of rotatable bonds is 7. The fraction of sp³-hybridized carbons (Fsp3) is 0.857. The SMILES string of the molecule is CCC(C)(C(Cc1ncnn1C(C)C)NC)N(C)C. The fourth-order valence-corrected chi connectivity index (χ4v) is 2.54. The Balaban J connectivity index is 2.96. The lowest BCUT2D eigenvalue weighted by Gasteiger charge is -2.42. The fourth-order valence-electron chi connectivity index (χ4n) is 2.54. The first kappa shape index (κ1) is 16.1. The smallest absolute Gasteiger partial charge is 0.138 e. The average Bonchev–Trinajstić information content (AvgIpc) is 2.82. The van der Waals surface area contributed by atoms with E-state index in [2.05, 4.69) is 62.1 Å². The van der Waals surface area contributed by atoms with Gasteiger partial charge in [0.1, 0.15) is 12.2 Å². The van der Waals surface area contributed by atoms with Gasteiger partial charge in [0.2, 0.25) is 0 Å². The maximum absolute atomic E-state index is 4.43. The summed E-state index contributed by atoms with van der Waals surface area (Å²) in [6, 6.07) is 0.691. The number of aromatic nitrogens is 3. The molecule has 19 heavy (non-hydrogen) atoms. The summed E-state index contributed by atoms with van der Waals surface area (Å²) < 4.78 is 2.01. The maximum Gasteiger partial charge on any atom is 0.138 e. The van der Waals surface area contributed by atoms with Gasteiger partial charge < -0.3 is 10.2 Å². The van der Waals surface area contributed by atoms with Crippen molar-refractivity contribution in [3.05, 3.63) is 12.2 Å². The summed E-state index contributed by atoms with van der Waals surface area (Å²) in [5, 5.41) is 7.78. The molecule has 0 bridgehead atoms. The molecule has 0 saturated heterocycles. The first-order valence-corrected chi connectivity index (χ1v) is 7.09. The monoisotopic (exact) mass is 267 g/mol. The molecule has 1 heterocycles. The predicted molar refractivity (Wildman–Crippen MR) is 79.3 cm³/mol. The molecule has 1 N–H and O–H groups in total. The van der Waals surface area contributed by atoms with E-state index in [0.29, 0.717) is 12.1 Å². The van der Waals surface area contributed by atoms with Crippen LogP contribution >= 0.6 is 0 Å². The second-order valence-corrected chi connectivity index (χ2v) is 5.87. The topological polar surface area (TPSA) is 46.0 Å². The van der Waals surface area contributed by atoms with Gasteiger partial charge in [-0.15, -0.1) is 0 Å². The molecule has 0 saturated carbocycles. The van der Waals surface area contributed by atoms with Gasteiger partial charge in [0, 0.05) is 24.0 Å². The standard InChI is InChI=1S/C14H29N5/c1-8-14(4,18(6)7)12(15-5)9-13-16-10-17-19(13)11(2)3/h10-12,15H,8-9H2,1-7H3. The third kappa shape index (κ3) is 3.34. The van der Waals surface area contributed by atoms with Gasteiger partial charge in [-0.3, -0.25) is 0 Å².